The van der Waals surface area contributed by atoms with Crippen LogP contribution in [0.15, 0.2) is 79.1 Å². The average Bonchev–Trinajstić information content (AvgIpc) is 3.35. The molecule has 2 aliphatic rings. The molecule has 3 aromatic carbocycles. The topological polar surface area (TPSA) is 66.2 Å². The zero-order chi connectivity index (χ0) is 30.9. The molecule has 0 bridgehead atoms. The summed E-state index contributed by atoms with van der Waals surface area (Å²) < 4.78 is 82.0. The minimum atomic E-state index is -4.67. The largest absolute Gasteiger partial charge is 0.482 e. The highest BCUT2D eigenvalue weighted by Gasteiger charge is 2.34. The van der Waals surface area contributed by atoms with E-state index in [2.05, 4.69) is 9.97 Å². The number of ether oxygens (including phenoxy) is 2. The van der Waals surface area contributed by atoms with E-state index in [0.717, 1.165) is 17.7 Å². The molecule has 2 aliphatic heterocycles. The van der Waals surface area contributed by atoms with Crippen molar-refractivity contribution in [1.29, 1.82) is 0 Å². The van der Waals surface area contributed by atoms with Crippen molar-refractivity contribution in [3.63, 3.8) is 0 Å². The summed E-state index contributed by atoms with van der Waals surface area (Å²) in [5.41, 5.74) is 0.396. The van der Waals surface area contributed by atoms with Gasteiger partial charge in [0.25, 0.3) is 0 Å². The van der Waals surface area contributed by atoms with Crippen molar-refractivity contribution in [3.8, 4) is 39.7 Å². The number of aromatic nitrogens is 3. The van der Waals surface area contributed by atoms with E-state index in [-0.39, 0.29) is 22.7 Å². The van der Waals surface area contributed by atoms with Gasteiger partial charge in [-0.3, -0.25) is 0 Å². The lowest BCUT2D eigenvalue weighted by Crippen LogP contribution is -2.27. The monoisotopic (exact) mass is 595 g/mol. The van der Waals surface area contributed by atoms with Crippen LogP contribution in [0, 0.1) is 11.6 Å². The Balaban J connectivity index is 1.33. The third kappa shape index (κ3) is 6.99. The van der Waals surface area contributed by atoms with Gasteiger partial charge in [0.2, 0.25) is 0 Å². The van der Waals surface area contributed by atoms with Crippen LogP contribution in [0.3, 0.4) is 0 Å². The number of hydrogen-bond donors (Lipinski definition) is 0. The number of hydrogen-bond acceptors (Lipinski definition) is 5. The smallest absolute Gasteiger partial charge is 0.417 e. The minimum absolute atomic E-state index is 0.0399. The van der Waals surface area contributed by atoms with Crippen molar-refractivity contribution in [1.82, 2.24) is 14.5 Å². The zero-order valence-corrected chi connectivity index (χ0v) is 23.4. The van der Waals surface area contributed by atoms with Crippen LogP contribution in [0.1, 0.15) is 31.9 Å². The molecule has 0 fully saturated rings. The number of halogens is 5. The molecule has 11 heteroatoms. The summed E-state index contributed by atoms with van der Waals surface area (Å²) in [6.07, 6.45) is -1.22. The molecule has 0 atom stereocenters. The highest BCUT2D eigenvalue weighted by molar-refractivity contribution is 5.72. The van der Waals surface area contributed by atoms with Gasteiger partial charge < -0.3 is 14.0 Å². The van der Waals surface area contributed by atoms with Crippen LogP contribution in [0.25, 0.3) is 33.9 Å². The zero-order valence-electron chi connectivity index (χ0n) is 23.4. The number of carbonyl (C=O) groups excluding carboxylic acids is 1. The maximum atomic E-state index is 14.2. The molecule has 0 saturated heterocycles. The molecule has 5 rings (SSSR count). The lowest BCUT2D eigenvalue weighted by Gasteiger charge is -2.20. The van der Waals surface area contributed by atoms with Gasteiger partial charge in [0.05, 0.1) is 16.8 Å². The molecule has 222 valence electrons. The molecule has 0 amide bonds. The fourth-order valence-corrected chi connectivity index (χ4v) is 4.46. The Bertz CT molecular complexity index is 1740. The van der Waals surface area contributed by atoms with Crippen molar-refractivity contribution in [2.24, 2.45) is 0 Å². The number of rotatable bonds is 7. The van der Waals surface area contributed by atoms with Crippen LogP contribution in [-0.2, 0) is 22.3 Å². The summed E-state index contributed by atoms with van der Waals surface area (Å²) in [5.74, 6) is -2.75. The first-order valence-corrected chi connectivity index (χ1v) is 13.2. The quantitative estimate of drug-likeness (QED) is 0.142. The predicted molar refractivity (Wildman–Crippen MR) is 149 cm³/mol. The van der Waals surface area contributed by atoms with E-state index in [1.54, 1.807) is 68.1 Å². The third-order valence-electron chi connectivity index (χ3n) is 6.32. The second-order valence-electron chi connectivity index (χ2n) is 10.8. The summed E-state index contributed by atoms with van der Waals surface area (Å²) in [6.45, 7) is 4.88. The molecule has 0 aromatic heterocycles. The van der Waals surface area contributed by atoms with Gasteiger partial charge in [-0.05, 0) is 67.8 Å². The fraction of sp³-hybridized carbons (Fsp3) is 0.219. The lowest BCUT2D eigenvalue weighted by atomic mass is 9.98. The Morgan fingerprint density at radius 1 is 0.884 bits per heavy atom. The second kappa shape index (κ2) is 11.5. The van der Waals surface area contributed by atoms with Gasteiger partial charge in [-0.15, -0.1) is 0 Å². The maximum absolute atomic E-state index is 14.2. The first-order valence-electron chi connectivity index (χ1n) is 13.2. The van der Waals surface area contributed by atoms with Crippen molar-refractivity contribution >= 4 is 5.97 Å². The van der Waals surface area contributed by atoms with Crippen LogP contribution >= 0.6 is 0 Å². The number of pyridine rings is 1. The Hall–Kier alpha value is -4.80. The molecule has 3 aromatic rings. The van der Waals surface area contributed by atoms with Gasteiger partial charge in [0.1, 0.15) is 17.0 Å². The molecule has 0 spiro atoms. The number of imidazole rings is 1. The Morgan fingerprint density at radius 3 is 2.30 bits per heavy atom. The van der Waals surface area contributed by atoms with Gasteiger partial charge >= 0.3 is 12.1 Å². The van der Waals surface area contributed by atoms with Crippen molar-refractivity contribution in [2.45, 2.75) is 39.1 Å². The number of fused-ring (bicyclic) bond motifs is 1. The summed E-state index contributed by atoms with van der Waals surface area (Å²) >= 11 is 0. The number of alkyl halides is 3. The molecule has 0 radical (unpaired) electrons. The summed E-state index contributed by atoms with van der Waals surface area (Å²) in [7, 11) is 0. The highest BCUT2D eigenvalue weighted by atomic mass is 19.4. The van der Waals surface area contributed by atoms with Crippen LogP contribution in [-0.4, -0.2) is 32.7 Å². The van der Waals surface area contributed by atoms with E-state index in [4.69, 9.17) is 9.47 Å². The van der Waals surface area contributed by atoms with Crippen LogP contribution in [0.4, 0.5) is 22.0 Å². The molecule has 0 unspecified atom stereocenters. The molecule has 0 saturated carbocycles. The van der Waals surface area contributed by atoms with Crippen molar-refractivity contribution in [2.75, 3.05) is 6.61 Å². The van der Waals surface area contributed by atoms with Gasteiger partial charge in [-0.1, -0.05) is 36.4 Å². The molecule has 2 heterocycles. The lowest BCUT2D eigenvalue weighted by molar-refractivity contribution is -0.157. The second-order valence-corrected chi connectivity index (χ2v) is 10.8. The Morgan fingerprint density at radius 2 is 1.60 bits per heavy atom. The average molecular weight is 596 g/mol. The Kier molecular flexibility index (Phi) is 7.92. The maximum Gasteiger partial charge on any atom is 0.417 e. The summed E-state index contributed by atoms with van der Waals surface area (Å²) in [5, 5.41) is 0. The minimum Gasteiger partial charge on any atom is -0.482 e. The van der Waals surface area contributed by atoms with Gasteiger partial charge in [0.15, 0.2) is 24.1 Å². The van der Waals surface area contributed by atoms with E-state index >= 15 is 0 Å². The molecule has 0 N–H and O–H groups in total. The normalized spacial score (nSPS) is 12.0. The third-order valence-corrected chi connectivity index (χ3v) is 6.32. The van der Waals surface area contributed by atoms with E-state index in [9.17, 15) is 26.7 Å². The van der Waals surface area contributed by atoms with Gasteiger partial charge in [-0.25, -0.2) is 23.5 Å². The van der Waals surface area contributed by atoms with Crippen molar-refractivity contribution < 1.29 is 36.2 Å². The molecular formula is C32H26F5N3O3. The fourth-order valence-electron chi connectivity index (χ4n) is 4.46. The molecular weight excluding hydrogens is 569 g/mol. The molecule has 43 heavy (non-hydrogen) atoms. The standard InChI is InChI=1S/C32H26F5N3O3/c1-31(2,3)43-28(41)18-42-21-11-12-22(24(15-21)32(35,36)37)20-9-7-19(8-10-20)16-40-14-13-26-27(17-40)39-30(38-26)23-5-4-6-25(33)29(23)34/h4-15,17H,16,18H2,1-3H3. The van der Waals surface area contributed by atoms with Crippen LogP contribution in [0.2, 0.25) is 0 Å². The van der Waals surface area contributed by atoms with Crippen LogP contribution < -0.4 is 4.74 Å². The predicted octanol–water partition coefficient (Wildman–Crippen LogP) is 7.78. The highest BCUT2D eigenvalue weighted by Crippen LogP contribution is 2.39. The number of nitrogens with zero attached hydrogens (tertiary/aromatic N) is 3. The van der Waals surface area contributed by atoms with Gasteiger partial charge in [0, 0.05) is 18.9 Å². The van der Waals surface area contributed by atoms with Gasteiger partial charge in [-0.2, -0.15) is 13.2 Å². The summed E-state index contributed by atoms with van der Waals surface area (Å²) in [4.78, 5) is 20.5. The SMILES string of the molecule is CC(C)(C)OC(=O)COc1ccc(-c2ccc(Cn3ccc4nc(-c5cccc(F)c5F)nc-4c3)cc2)c(C(F)(F)F)c1. The first-order chi connectivity index (χ1) is 20.3. The van der Waals surface area contributed by atoms with E-state index < -0.39 is 41.6 Å². The van der Waals surface area contributed by atoms with E-state index in [0.29, 0.717) is 23.5 Å². The van der Waals surface area contributed by atoms with Crippen molar-refractivity contribution in [3.05, 3.63) is 102 Å². The van der Waals surface area contributed by atoms with E-state index in [1.807, 2.05) is 0 Å². The van der Waals surface area contributed by atoms with E-state index in [1.165, 1.54) is 24.3 Å². The first kappa shape index (κ1) is 29.7. The van der Waals surface area contributed by atoms with Crippen LogP contribution in [0.5, 0.6) is 5.75 Å². The Labute approximate surface area is 244 Å². The molecule has 6 nitrogen and oxygen atoms in total. The molecule has 0 aliphatic carbocycles. The number of benzene rings is 3. The number of carbonyl (C=O) groups is 1. The summed E-state index contributed by atoms with van der Waals surface area (Å²) in [6, 6.07) is 15.6. The number of esters is 1.